The number of fused-ring (bicyclic) bond motifs is 3. The summed E-state index contributed by atoms with van der Waals surface area (Å²) in [7, 11) is 1.96. The van der Waals surface area contributed by atoms with Crippen LogP contribution in [0.3, 0.4) is 0 Å². The van der Waals surface area contributed by atoms with Gasteiger partial charge in [-0.15, -0.1) is 10.2 Å². The Morgan fingerprint density at radius 3 is 2.63 bits per heavy atom. The molecule has 0 spiro atoms. The summed E-state index contributed by atoms with van der Waals surface area (Å²) < 4.78 is 5.60. The molecule has 8 heteroatoms. The third-order valence-electron chi connectivity index (χ3n) is 5.62. The predicted molar refractivity (Wildman–Crippen MR) is 120 cm³/mol. The summed E-state index contributed by atoms with van der Waals surface area (Å²) in [5, 5.41) is 9.88. The van der Waals surface area contributed by atoms with Crippen molar-refractivity contribution in [2.24, 2.45) is 7.05 Å². The Kier molecular flexibility index (Phi) is 5.51. The van der Waals surface area contributed by atoms with Crippen molar-refractivity contribution in [3.05, 3.63) is 57.6 Å². The number of unbranched alkanes of at least 4 members (excludes halogenated alkanes) is 1. The third-order valence-corrected chi connectivity index (χ3v) is 6.55. The molecule has 0 N–H and O–H groups in total. The summed E-state index contributed by atoms with van der Waals surface area (Å²) >= 11 is 1.35. The summed E-state index contributed by atoms with van der Waals surface area (Å²) in [5.41, 5.74) is 3.46. The van der Waals surface area contributed by atoms with Gasteiger partial charge in [-0.3, -0.25) is 18.6 Å². The number of benzene rings is 1. The lowest BCUT2D eigenvalue weighted by Crippen LogP contribution is -2.23. The van der Waals surface area contributed by atoms with Gasteiger partial charge in [0.2, 0.25) is 5.78 Å². The molecule has 30 heavy (non-hydrogen) atoms. The second-order valence-corrected chi connectivity index (χ2v) is 8.44. The number of nitrogens with zero attached hydrogens (tertiary/aromatic N) is 5. The molecule has 7 nitrogen and oxygen atoms in total. The molecule has 0 aliphatic carbocycles. The molecule has 0 amide bonds. The first-order valence-corrected chi connectivity index (χ1v) is 11.1. The van der Waals surface area contributed by atoms with Crippen molar-refractivity contribution in [2.45, 2.75) is 45.3 Å². The molecular formula is C22H25N5O2S. The van der Waals surface area contributed by atoms with Crippen molar-refractivity contribution in [1.82, 2.24) is 23.7 Å². The van der Waals surface area contributed by atoms with Gasteiger partial charge in [0.15, 0.2) is 10.9 Å². The van der Waals surface area contributed by atoms with Crippen molar-refractivity contribution >= 4 is 34.2 Å². The van der Waals surface area contributed by atoms with E-state index >= 15 is 0 Å². The van der Waals surface area contributed by atoms with Crippen LogP contribution in [0.2, 0.25) is 0 Å². The molecule has 1 aromatic carbocycles. The van der Waals surface area contributed by atoms with Crippen molar-refractivity contribution in [3.63, 3.8) is 0 Å². The van der Waals surface area contributed by atoms with Crippen LogP contribution in [0.15, 0.2) is 40.3 Å². The van der Waals surface area contributed by atoms with Crippen LogP contribution in [0.25, 0.3) is 16.7 Å². The molecule has 156 valence electrons. The summed E-state index contributed by atoms with van der Waals surface area (Å²) in [4.78, 5) is 25.8. The Hall–Kier alpha value is -2.87. The number of Topliss-reactive ketones (excluding diaryl/α,β-unsaturated/α-hetero) is 1. The monoisotopic (exact) mass is 423 g/mol. The minimum atomic E-state index is -0.0537. The maximum absolute atomic E-state index is 13.0. The Morgan fingerprint density at radius 2 is 1.93 bits per heavy atom. The number of carbonyl (C=O) groups is 1. The Labute approximate surface area is 178 Å². The van der Waals surface area contributed by atoms with Crippen LogP contribution < -0.4 is 5.56 Å². The second kappa shape index (κ2) is 8.10. The van der Waals surface area contributed by atoms with Crippen molar-refractivity contribution < 1.29 is 4.79 Å². The smallest absolute Gasteiger partial charge is 0.262 e. The average molecular weight is 424 g/mol. The van der Waals surface area contributed by atoms with Crippen LogP contribution in [0.1, 0.15) is 41.5 Å². The summed E-state index contributed by atoms with van der Waals surface area (Å²) in [6, 6.07) is 9.41. The van der Waals surface area contributed by atoms with Gasteiger partial charge in [0.25, 0.3) is 5.56 Å². The van der Waals surface area contributed by atoms with Gasteiger partial charge in [0.05, 0.1) is 16.7 Å². The quantitative estimate of drug-likeness (QED) is 0.334. The van der Waals surface area contributed by atoms with Crippen molar-refractivity contribution in [1.29, 1.82) is 0 Å². The zero-order valence-corrected chi connectivity index (χ0v) is 18.5. The highest BCUT2D eigenvalue weighted by atomic mass is 32.2. The first kappa shape index (κ1) is 20.4. The molecule has 0 unspecified atom stereocenters. The molecule has 0 radical (unpaired) electrons. The number of ketones is 1. The van der Waals surface area contributed by atoms with E-state index in [4.69, 9.17) is 0 Å². The van der Waals surface area contributed by atoms with Gasteiger partial charge >= 0.3 is 0 Å². The Balaban J connectivity index is 1.75. The minimum absolute atomic E-state index is 0.0537. The van der Waals surface area contributed by atoms with Gasteiger partial charge in [-0.1, -0.05) is 37.2 Å². The van der Waals surface area contributed by atoms with E-state index in [-0.39, 0.29) is 17.1 Å². The fourth-order valence-corrected chi connectivity index (χ4v) is 4.51. The van der Waals surface area contributed by atoms with Gasteiger partial charge in [-0.2, -0.15) is 0 Å². The van der Waals surface area contributed by atoms with E-state index in [1.165, 1.54) is 11.8 Å². The molecule has 4 rings (SSSR count). The minimum Gasteiger partial charge on any atom is -0.351 e. The number of para-hydroxylation sites is 1. The Bertz CT molecular complexity index is 1310. The molecular weight excluding hydrogens is 398 g/mol. The standard InChI is InChI=1S/C22H25N5O2S/c1-5-6-11-26-20(29)16-9-7-8-10-18(16)27-21(26)23-24-22(27)30-13-19(28)17-12-14(2)25(4)15(17)3/h7-10,12H,5-6,11,13H2,1-4H3. The van der Waals surface area contributed by atoms with Gasteiger partial charge in [0.1, 0.15) is 0 Å². The molecule has 0 aliphatic heterocycles. The third kappa shape index (κ3) is 3.35. The van der Waals surface area contributed by atoms with E-state index in [2.05, 4.69) is 17.1 Å². The van der Waals surface area contributed by atoms with E-state index < -0.39 is 0 Å². The van der Waals surface area contributed by atoms with Gasteiger partial charge in [-0.05, 0) is 38.5 Å². The molecule has 0 saturated heterocycles. The van der Waals surface area contributed by atoms with E-state index in [1.807, 2.05) is 60.2 Å². The highest BCUT2D eigenvalue weighted by molar-refractivity contribution is 7.99. The summed E-state index contributed by atoms with van der Waals surface area (Å²) in [6.07, 6.45) is 1.86. The number of hydrogen-bond donors (Lipinski definition) is 0. The largest absolute Gasteiger partial charge is 0.351 e. The highest BCUT2D eigenvalue weighted by Gasteiger charge is 2.19. The zero-order chi connectivity index (χ0) is 21.4. The number of aryl methyl sites for hydroxylation is 2. The van der Waals surface area contributed by atoms with Crippen LogP contribution in [0.5, 0.6) is 0 Å². The summed E-state index contributed by atoms with van der Waals surface area (Å²) in [6.45, 7) is 6.63. The average Bonchev–Trinajstić information content (AvgIpc) is 3.28. The second-order valence-electron chi connectivity index (χ2n) is 7.50. The molecule has 3 heterocycles. The van der Waals surface area contributed by atoms with Gasteiger partial charge < -0.3 is 4.57 Å². The van der Waals surface area contributed by atoms with Crippen LogP contribution in [-0.2, 0) is 13.6 Å². The van der Waals surface area contributed by atoms with Crippen LogP contribution in [0, 0.1) is 13.8 Å². The van der Waals surface area contributed by atoms with E-state index in [0.717, 1.165) is 35.3 Å². The lowest BCUT2D eigenvalue weighted by atomic mass is 10.2. The SMILES string of the molecule is CCCCn1c(=O)c2ccccc2n2c(SCC(=O)c3cc(C)n(C)c3C)nnc12. The molecule has 3 aromatic heterocycles. The van der Waals surface area contributed by atoms with Crippen molar-refractivity contribution in [3.8, 4) is 0 Å². The molecule has 0 saturated carbocycles. The first-order chi connectivity index (χ1) is 14.4. The normalized spacial score (nSPS) is 11.6. The zero-order valence-electron chi connectivity index (χ0n) is 17.7. The van der Waals surface area contributed by atoms with Crippen molar-refractivity contribution in [2.75, 3.05) is 5.75 Å². The maximum atomic E-state index is 13.0. The number of rotatable bonds is 7. The van der Waals surface area contributed by atoms with E-state index in [0.29, 0.717) is 22.9 Å². The lowest BCUT2D eigenvalue weighted by Gasteiger charge is -2.10. The highest BCUT2D eigenvalue weighted by Crippen LogP contribution is 2.24. The molecule has 0 atom stereocenters. The fourth-order valence-electron chi connectivity index (χ4n) is 3.69. The van der Waals surface area contributed by atoms with Crippen LogP contribution in [0.4, 0.5) is 0 Å². The molecule has 0 fully saturated rings. The molecule has 0 bridgehead atoms. The number of aromatic nitrogens is 5. The number of carbonyl (C=O) groups excluding carboxylic acids is 1. The van der Waals surface area contributed by atoms with Gasteiger partial charge in [0, 0.05) is 30.5 Å². The first-order valence-electron chi connectivity index (χ1n) is 10.1. The summed E-state index contributed by atoms with van der Waals surface area (Å²) in [5.74, 6) is 0.837. The Morgan fingerprint density at radius 1 is 1.17 bits per heavy atom. The number of hydrogen-bond acceptors (Lipinski definition) is 5. The van der Waals surface area contributed by atoms with Crippen LogP contribution >= 0.6 is 11.8 Å². The predicted octanol–water partition coefficient (Wildman–Crippen LogP) is 3.77. The number of thioether (sulfide) groups is 1. The fraction of sp³-hybridized carbons (Fsp3) is 0.364. The van der Waals surface area contributed by atoms with Gasteiger partial charge in [-0.25, -0.2) is 0 Å². The van der Waals surface area contributed by atoms with Crippen LogP contribution in [-0.4, -0.2) is 35.3 Å². The van der Waals surface area contributed by atoms with E-state index in [1.54, 1.807) is 4.57 Å². The van der Waals surface area contributed by atoms with E-state index in [9.17, 15) is 9.59 Å². The maximum Gasteiger partial charge on any atom is 0.262 e. The molecule has 4 aromatic rings. The lowest BCUT2D eigenvalue weighted by molar-refractivity contribution is 0.102. The topological polar surface area (TPSA) is 74.2 Å². The molecule has 0 aliphatic rings.